The summed E-state index contributed by atoms with van der Waals surface area (Å²) in [5.74, 6) is 0.257. The first-order chi connectivity index (χ1) is 7.75. The maximum atomic E-state index is 10.8. The number of carbonyl (C=O) groups is 1. The van der Waals surface area contributed by atoms with Crippen molar-refractivity contribution in [3.05, 3.63) is 17.5 Å². The van der Waals surface area contributed by atoms with Gasteiger partial charge in [-0.05, 0) is 24.4 Å². The van der Waals surface area contributed by atoms with Crippen molar-refractivity contribution >= 4 is 29.1 Å². The zero-order valence-electron chi connectivity index (χ0n) is 8.96. The molecule has 1 saturated heterocycles. The molecule has 2 rings (SSSR count). The van der Waals surface area contributed by atoms with Gasteiger partial charge in [-0.2, -0.15) is 0 Å². The Morgan fingerprint density at radius 3 is 3.19 bits per heavy atom. The fourth-order valence-electron chi connectivity index (χ4n) is 1.86. The van der Waals surface area contributed by atoms with Crippen LogP contribution in [-0.4, -0.2) is 41.4 Å². The van der Waals surface area contributed by atoms with Crippen LogP contribution < -0.4 is 0 Å². The van der Waals surface area contributed by atoms with Crippen LogP contribution >= 0.6 is 23.1 Å². The number of aliphatic carboxylic acids is 1. The Hall–Kier alpha value is -0.520. The van der Waals surface area contributed by atoms with E-state index in [9.17, 15) is 4.79 Å². The number of nitrogens with zero attached hydrogens (tertiary/aromatic N) is 1. The van der Waals surface area contributed by atoms with Crippen molar-refractivity contribution in [3.63, 3.8) is 0 Å². The van der Waals surface area contributed by atoms with E-state index in [2.05, 4.69) is 22.4 Å². The highest BCUT2D eigenvalue weighted by atomic mass is 32.2. The molecule has 3 nitrogen and oxygen atoms in total. The van der Waals surface area contributed by atoms with Crippen LogP contribution in [0.25, 0.3) is 0 Å². The summed E-state index contributed by atoms with van der Waals surface area (Å²) in [4.78, 5) is 13.0. The minimum atomic E-state index is -0.645. The summed E-state index contributed by atoms with van der Waals surface area (Å²) >= 11 is 3.61. The number of hydrogen-bond donors (Lipinski definition) is 1. The first-order valence-electron chi connectivity index (χ1n) is 5.37. The lowest BCUT2D eigenvalue weighted by atomic mass is 10.1. The lowest BCUT2D eigenvalue weighted by Gasteiger charge is -2.13. The SMILES string of the molecule is O=C(O)C1CCN(CCSc2cccs2)C1. The topological polar surface area (TPSA) is 40.5 Å². The molecule has 1 aliphatic heterocycles. The van der Waals surface area contributed by atoms with E-state index in [-0.39, 0.29) is 5.92 Å². The van der Waals surface area contributed by atoms with E-state index in [0.717, 1.165) is 31.8 Å². The summed E-state index contributed by atoms with van der Waals surface area (Å²) in [6.45, 7) is 2.65. The second-order valence-electron chi connectivity index (χ2n) is 3.90. The summed E-state index contributed by atoms with van der Waals surface area (Å²) in [7, 11) is 0. The zero-order valence-corrected chi connectivity index (χ0v) is 10.6. The molecule has 0 aromatic carbocycles. The van der Waals surface area contributed by atoms with Crippen LogP contribution in [0, 0.1) is 5.92 Å². The van der Waals surface area contributed by atoms with Gasteiger partial charge >= 0.3 is 5.97 Å². The van der Waals surface area contributed by atoms with E-state index in [1.54, 1.807) is 11.3 Å². The number of rotatable bonds is 5. The molecule has 88 valence electrons. The van der Waals surface area contributed by atoms with Crippen molar-refractivity contribution in [2.45, 2.75) is 10.6 Å². The number of carboxylic acids is 1. The molecular weight excluding hydrogens is 242 g/mol. The van der Waals surface area contributed by atoms with Gasteiger partial charge in [0.25, 0.3) is 0 Å². The summed E-state index contributed by atoms with van der Waals surface area (Å²) < 4.78 is 1.34. The van der Waals surface area contributed by atoms with Gasteiger partial charge in [-0.25, -0.2) is 0 Å². The highest BCUT2D eigenvalue weighted by Crippen LogP contribution is 2.24. The maximum Gasteiger partial charge on any atom is 0.307 e. The summed E-state index contributed by atoms with van der Waals surface area (Å²) in [5, 5.41) is 11.0. The maximum absolute atomic E-state index is 10.8. The Morgan fingerprint density at radius 1 is 1.69 bits per heavy atom. The molecule has 1 aromatic rings. The largest absolute Gasteiger partial charge is 0.481 e. The third-order valence-electron chi connectivity index (χ3n) is 2.77. The first kappa shape index (κ1) is 12.0. The van der Waals surface area contributed by atoms with E-state index < -0.39 is 5.97 Å². The normalized spacial score (nSPS) is 21.4. The van der Waals surface area contributed by atoms with Gasteiger partial charge in [0, 0.05) is 18.8 Å². The van der Waals surface area contributed by atoms with Gasteiger partial charge in [0.1, 0.15) is 0 Å². The van der Waals surface area contributed by atoms with Crippen molar-refractivity contribution in [3.8, 4) is 0 Å². The Morgan fingerprint density at radius 2 is 2.56 bits per heavy atom. The van der Waals surface area contributed by atoms with Crippen LogP contribution in [-0.2, 0) is 4.79 Å². The molecule has 2 heterocycles. The average Bonchev–Trinajstić information content (AvgIpc) is 2.87. The quantitative estimate of drug-likeness (QED) is 0.821. The highest BCUT2D eigenvalue weighted by Gasteiger charge is 2.27. The van der Waals surface area contributed by atoms with Crippen LogP contribution in [0.4, 0.5) is 0 Å². The van der Waals surface area contributed by atoms with Crippen molar-refractivity contribution < 1.29 is 9.90 Å². The Bertz CT molecular complexity index is 340. The second-order valence-corrected chi connectivity index (χ2v) is 6.25. The molecule has 5 heteroatoms. The standard InChI is InChI=1S/C11H15NO2S2/c13-11(14)9-3-4-12(8-9)5-7-16-10-2-1-6-15-10/h1-2,6,9H,3-5,7-8H2,(H,13,14). The minimum Gasteiger partial charge on any atom is -0.481 e. The van der Waals surface area contributed by atoms with Crippen molar-refractivity contribution in [1.82, 2.24) is 4.90 Å². The fraction of sp³-hybridized carbons (Fsp3) is 0.545. The van der Waals surface area contributed by atoms with Gasteiger partial charge < -0.3 is 10.0 Å². The second kappa shape index (κ2) is 5.70. The molecule has 1 unspecified atom stereocenters. The molecule has 1 atom stereocenters. The Labute approximate surface area is 103 Å². The number of carboxylic acid groups (broad SMARTS) is 1. The number of thioether (sulfide) groups is 1. The molecule has 1 aliphatic rings. The van der Waals surface area contributed by atoms with Crippen molar-refractivity contribution in [2.24, 2.45) is 5.92 Å². The Balaban J connectivity index is 1.66. The van der Waals surface area contributed by atoms with Gasteiger partial charge in [-0.15, -0.1) is 23.1 Å². The molecule has 16 heavy (non-hydrogen) atoms. The number of hydrogen-bond acceptors (Lipinski definition) is 4. The monoisotopic (exact) mass is 257 g/mol. The van der Waals surface area contributed by atoms with Gasteiger partial charge in [0.05, 0.1) is 10.1 Å². The summed E-state index contributed by atoms with van der Waals surface area (Å²) in [5.41, 5.74) is 0. The lowest BCUT2D eigenvalue weighted by molar-refractivity contribution is -0.141. The molecule has 0 radical (unpaired) electrons. The molecule has 0 bridgehead atoms. The molecule has 1 fully saturated rings. The van der Waals surface area contributed by atoms with E-state index in [4.69, 9.17) is 5.11 Å². The number of likely N-dealkylation sites (tertiary alicyclic amines) is 1. The minimum absolute atomic E-state index is 0.147. The predicted molar refractivity (Wildman–Crippen MR) is 67.2 cm³/mol. The smallest absolute Gasteiger partial charge is 0.307 e. The van der Waals surface area contributed by atoms with E-state index in [0.29, 0.717) is 0 Å². The lowest BCUT2D eigenvalue weighted by Crippen LogP contribution is -2.25. The van der Waals surface area contributed by atoms with Crippen LogP contribution in [0.3, 0.4) is 0 Å². The molecule has 0 saturated carbocycles. The Kier molecular flexibility index (Phi) is 4.26. The van der Waals surface area contributed by atoms with E-state index >= 15 is 0 Å². The molecule has 1 N–H and O–H groups in total. The van der Waals surface area contributed by atoms with Crippen LogP contribution in [0.15, 0.2) is 21.7 Å². The van der Waals surface area contributed by atoms with E-state index in [1.807, 2.05) is 11.8 Å². The van der Waals surface area contributed by atoms with Gasteiger partial charge in [0.15, 0.2) is 0 Å². The third kappa shape index (κ3) is 3.23. The molecule has 0 spiro atoms. The third-order valence-corrected chi connectivity index (χ3v) is 4.88. The average molecular weight is 257 g/mol. The summed E-state index contributed by atoms with van der Waals surface area (Å²) in [6, 6.07) is 4.18. The van der Waals surface area contributed by atoms with Gasteiger partial charge in [-0.1, -0.05) is 6.07 Å². The number of thiophene rings is 1. The highest BCUT2D eigenvalue weighted by molar-refractivity contribution is 8.01. The van der Waals surface area contributed by atoms with Crippen LogP contribution in [0.5, 0.6) is 0 Å². The summed E-state index contributed by atoms with van der Waals surface area (Å²) in [6.07, 6.45) is 0.805. The first-order valence-corrected chi connectivity index (χ1v) is 7.23. The van der Waals surface area contributed by atoms with Gasteiger partial charge in [0.2, 0.25) is 0 Å². The van der Waals surface area contributed by atoms with Crippen molar-refractivity contribution in [2.75, 3.05) is 25.4 Å². The van der Waals surface area contributed by atoms with Crippen LogP contribution in [0.2, 0.25) is 0 Å². The predicted octanol–water partition coefficient (Wildman–Crippen LogP) is 2.25. The van der Waals surface area contributed by atoms with Gasteiger partial charge in [-0.3, -0.25) is 4.79 Å². The van der Waals surface area contributed by atoms with Crippen molar-refractivity contribution in [1.29, 1.82) is 0 Å². The molecule has 0 amide bonds. The van der Waals surface area contributed by atoms with Crippen LogP contribution in [0.1, 0.15) is 6.42 Å². The molecule has 1 aromatic heterocycles. The molecular formula is C11H15NO2S2. The molecule has 0 aliphatic carbocycles. The zero-order chi connectivity index (χ0) is 11.4. The van der Waals surface area contributed by atoms with E-state index in [1.165, 1.54) is 4.21 Å². The fourth-order valence-corrected chi connectivity index (χ4v) is 3.72.